The van der Waals surface area contributed by atoms with Crippen molar-refractivity contribution in [2.75, 3.05) is 20.1 Å². The second kappa shape index (κ2) is 1.96. The highest BCUT2D eigenvalue weighted by molar-refractivity contribution is 4.88. The average Bonchev–Trinajstić information content (AvgIpc) is 1.79. The molecule has 1 aliphatic heterocycles. The van der Waals surface area contributed by atoms with Crippen molar-refractivity contribution in [1.29, 1.82) is 0 Å². The molecule has 9 heavy (non-hydrogen) atoms. The Bertz CT molecular complexity index is 111. The van der Waals surface area contributed by atoms with E-state index in [-0.39, 0.29) is 11.5 Å². The van der Waals surface area contributed by atoms with Crippen molar-refractivity contribution in [3.63, 3.8) is 0 Å². The molecule has 0 bridgehead atoms. The second-order valence-corrected chi connectivity index (χ2v) is 3.70. The fourth-order valence-electron chi connectivity index (χ4n) is 1.41. The summed E-state index contributed by atoms with van der Waals surface area (Å²) in [5, 5.41) is 9.39. The van der Waals surface area contributed by atoms with Gasteiger partial charge in [-0.3, -0.25) is 0 Å². The van der Waals surface area contributed by atoms with Crippen molar-refractivity contribution >= 4 is 0 Å². The first-order valence-corrected chi connectivity index (χ1v) is 3.39. The van der Waals surface area contributed by atoms with Gasteiger partial charge in [0, 0.05) is 18.5 Å². The minimum absolute atomic E-state index is 0.106. The average molecular weight is 129 g/mol. The lowest BCUT2D eigenvalue weighted by molar-refractivity contribution is 0.0957. The molecule has 0 aromatic carbocycles. The first kappa shape index (κ1) is 7.03. The predicted octanol–water partition coefficient (Wildman–Crippen LogP) is 0.319. The number of aliphatic hydroxyl groups is 1. The van der Waals surface area contributed by atoms with Crippen LogP contribution in [0.4, 0.5) is 0 Å². The van der Waals surface area contributed by atoms with E-state index in [9.17, 15) is 5.11 Å². The van der Waals surface area contributed by atoms with Gasteiger partial charge in [-0.25, -0.2) is 0 Å². The summed E-state index contributed by atoms with van der Waals surface area (Å²) in [7, 11) is 2.04. The molecule has 54 valence electrons. The molecule has 0 aliphatic carbocycles. The van der Waals surface area contributed by atoms with Gasteiger partial charge in [-0.15, -0.1) is 0 Å². The molecule has 1 saturated heterocycles. The van der Waals surface area contributed by atoms with Crippen LogP contribution in [0.1, 0.15) is 13.8 Å². The van der Waals surface area contributed by atoms with Gasteiger partial charge < -0.3 is 10.0 Å². The lowest BCUT2D eigenvalue weighted by atomic mass is 9.90. The van der Waals surface area contributed by atoms with Crippen LogP contribution in [0.15, 0.2) is 0 Å². The molecular formula is C7H15NO. The molecule has 1 fully saturated rings. The topological polar surface area (TPSA) is 23.5 Å². The van der Waals surface area contributed by atoms with Crippen LogP contribution in [0.25, 0.3) is 0 Å². The number of likely N-dealkylation sites (tertiary alicyclic amines) is 1. The van der Waals surface area contributed by atoms with Crippen LogP contribution in [0, 0.1) is 5.41 Å². The molecule has 0 saturated carbocycles. The molecule has 0 aromatic heterocycles. The van der Waals surface area contributed by atoms with E-state index in [1.54, 1.807) is 0 Å². The fourth-order valence-corrected chi connectivity index (χ4v) is 1.41. The van der Waals surface area contributed by atoms with E-state index in [1.165, 1.54) is 0 Å². The van der Waals surface area contributed by atoms with Crippen molar-refractivity contribution < 1.29 is 5.11 Å². The lowest BCUT2D eigenvalue weighted by Crippen LogP contribution is -2.26. The molecule has 1 aliphatic rings. The Kier molecular flexibility index (Phi) is 1.53. The zero-order chi connectivity index (χ0) is 7.07. The van der Waals surface area contributed by atoms with Crippen LogP contribution in [0.5, 0.6) is 0 Å². The third kappa shape index (κ3) is 1.25. The summed E-state index contributed by atoms with van der Waals surface area (Å²) in [4.78, 5) is 2.16. The van der Waals surface area contributed by atoms with Crippen LogP contribution in [-0.4, -0.2) is 36.2 Å². The molecule has 0 amide bonds. The molecule has 2 heteroatoms. The van der Waals surface area contributed by atoms with Crippen LogP contribution < -0.4 is 0 Å². The minimum atomic E-state index is -0.137. The fraction of sp³-hybridized carbons (Fsp3) is 1.00. The first-order valence-electron chi connectivity index (χ1n) is 3.39. The van der Waals surface area contributed by atoms with E-state index < -0.39 is 0 Å². The molecule has 1 rings (SSSR count). The van der Waals surface area contributed by atoms with E-state index >= 15 is 0 Å². The van der Waals surface area contributed by atoms with Gasteiger partial charge in [-0.2, -0.15) is 0 Å². The second-order valence-electron chi connectivity index (χ2n) is 3.70. The quantitative estimate of drug-likeness (QED) is 0.509. The maximum absolute atomic E-state index is 9.39. The Hall–Kier alpha value is -0.0800. The van der Waals surface area contributed by atoms with Crippen molar-refractivity contribution in [3.05, 3.63) is 0 Å². The van der Waals surface area contributed by atoms with Crippen LogP contribution in [0.3, 0.4) is 0 Å². The van der Waals surface area contributed by atoms with Crippen molar-refractivity contribution in [2.24, 2.45) is 5.41 Å². The third-order valence-electron chi connectivity index (χ3n) is 2.06. The summed E-state index contributed by atoms with van der Waals surface area (Å²) >= 11 is 0. The predicted molar refractivity (Wildman–Crippen MR) is 37.3 cm³/mol. The number of aliphatic hydroxyl groups excluding tert-OH is 1. The van der Waals surface area contributed by atoms with Gasteiger partial charge >= 0.3 is 0 Å². The summed E-state index contributed by atoms with van der Waals surface area (Å²) in [5.74, 6) is 0. The van der Waals surface area contributed by atoms with Gasteiger partial charge in [-0.1, -0.05) is 13.8 Å². The SMILES string of the molecule is CN1C[C@@H](O)C(C)(C)C1. The Balaban J connectivity index is 2.58. The molecule has 1 atom stereocenters. The smallest absolute Gasteiger partial charge is 0.0730 e. The number of hydrogen-bond donors (Lipinski definition) is 1. The van der Waals surface area contributed by atoms with Gasteiger partial charge in [0.2, 0.25) is 0 Å². The van der Waals surface area contributed by atoms with Gasteiger partial charge in [0.1, 0.15) is 0 Å². The Morgan fingerprint density at radius 3 is 2.22 bits per heavy atom. The van der Waals surface area contributed by atoms with E-state index in [0.717, 1.165) is 13.1 Å². The number of hydrogen-bond acceptors (Lipinski definition) is 2. The zero-order valence-electron chi connectivity index (χ0n) is 6.39. The normalized spacial score (nSPS) is 35.3. The van der Waals surface area contributed by atoms with Crippen molar-refractivity contribution in [3.8, 4) is 0 Å². The third-order valence-corrected chi connectivity index (χ3v) is 2.06. The summed E-state index contributed by atoms with van der Waals surface area (Å²) in [5.41, 5.74) is 0.106. The van der Waals surface area contributed by atoms with Gasteiger partial charge in [0.25, 0.3) is 0 Å². The molecule has 0 radical (unpaired) electrons. The maximum Gasteiger partial charge on any atom is 0.0730 e. The van der Waals surface area contributed by atoms with Gasteiger partial charge in [0.15, 0.2) is 0 Å². The van der Waals surface area contributed by atoms with Gasteiger partial charge in [0.05, 0.1) is 6.10 Å². The summed E-state index contributed by atoms with van der Waals surface area (Å²) in [6, 6.07) is 0. The van der Waals surface area contributed by atoms with E-state index in [0.29, 0.717) is 0 Å². The number of β-amino-alcohol motifs (C(OH)–C–C–N with tert-alkyl or cyclic N) is 1. The highest BCUT2D eigenvalue weighted by atomic mass is 16.3. The molecule has 2 nitrogen and oxygen atoms in total. The molecule has 1 heterocycles. The standard InChI is InChI=1S/C7H15NO/c1-7(2)5-8(3)4-6(7)9/h6,9H,4-5H2,1-3H3/t6-/m1/s1. The molecular weight excluding hydrogens is 114 g/mol. The summed E-state index contributed by atoms with van der Waals surface area (Å²) in [6.07, 6.45) is -0.137. The molecule has 0 aromatic rings. The molecule has 1 N–H and O–H groups in total. The highest BCUT2D eigenvalue weighted by Gasteiger charge is 2.35. The Morgan fingerprint density at radius 2 is 2.11 bits per heavy atom. The van der Waals surface area contributed by atoms with Crippen LogP contribution >= 0.6 is 0 Å². The van der Waals surface area contributed by atoms with Crippen molar-refractivity contribution in [1.82, 2.24) is 4.90 Å². The van der Waals surface area contributed by atoms with Crippen LogP contribution in [0.2, 0.25) is 0 Å². The highest BCUT2D eigenvalue weighted by Crippen LogP contribution is 2.27. The summed E-state index contributed by atoms with van der Waals surface area (Å²) in [6.45, 7) is 6.03. The number of likely N-dealkylation sites (N-methyl/N-ethyl adjacent to an activating group) is 1. The van der Waals surface area contributed by atoms with Gasteiger partial charge in [-0.05, 0) is 7.05 Å². The Morgan fingerprint density at radius 1 is 1.56 bits per heavy atom. The van der Waals surface area contributed by atoms with Crippen molar-refractivity contribution in [2.45, 2.75) is 20.0 Å². The zero-order valence-corrected chi connectivity index (χ0v) is 6.39. The summed E-state index contributed by atoms with van der Waals surface area (Å²) < 4.78 is 0. The monoisotopic (exact) mass is 129 g/mol. The number of rotatable bonds is 0. The maximum atomic E-state index is 9.39. The largest absolute Gasteiger partial charge is 0.391 e. The number of nitrogens with zero attached hydrogens (tertiary/aromatic N) is 1. The van der Waals surface area contributed by atoms with Crippen LogP contribution in [-0.2, 0) is 0 Å². The molecule has 0 spiro atoms. The Labute approximate surface area is 56.5 Å². The van der Waals surface area contributed by atoms with E-state index in [4.69, 9.17) is 0 Å². The lowest BCUT2D eigenvalue weighted by Gasteiger charge is -2.20. The first-order chi connectivity index (χ1) is 4.02. The van der Waals surface area contributed by atoms with E-state index in [1.807, 2.05) is 7.05 Å². The van der Waals surface area contributed by atoms with E-state index in [2.05, 4.69) is 18.7 Å². The molecule has 0 unspecified atom stereocenters. The minimum Gasteiger partial charge on any atom is -0.391 e.